The molecule has 11 heteroatoms. The van der Waals surface area contributed by atoms with Crippen molar-refractivity contribution in [3.63, 3.8) is 0 Å². The summed E-state index contributed by atoms with van der Waals surface area (Å²) in [6.45, 7) is 3.22. The van der Waals surface area contributed by atoms with Crippen LogP contribution in [0.5, 0.6) is 0 Å². The fraction of sp³-hybridized carbons (Fsp3) is 0.357. The van der Waals surface area contributed by atoms with E-state index in [1.54, 1.807) is 42.6 Å². The molecule has 2 aromatic carbocycles. The molecule has 0 aliphatic carbocycles. The molecular formula is C28H31FN6O3S. The van der Waals surface area contributed by atoms with E-state index in [9.17, 15) is 17.9 Å². The third-order valence-corrected chi connectivity index (χ3v) is 9.57. The van der Waals surface area contributed by atoms with Crippen LogP contribution in [-0.2, 0) is 10.0 Å². The molecule has 6 rings (SSSR count). The lowest BCUT2D eigenvalue weighted by molar-refractivity contribution is -0.0284. The predicted octanol–water partition coefficient (Wildman–Crippen LogP) is 3.91. The number of aliphatic hydroxyl groups is 1. The van der Waals surface area contributed by atoms with Gasteiger partial charge in [-0.25, -0.2) is 17.8 Å². The lowest BCUT2D eigenvalue weighted by atomic mass is 9.92. The first kappa shape index (κ1) is 25.9. The minimum absolute atomic E-state index is 0.207. The van der Waals surface area contributed by atoms with Crippen molar-refractivity contribution in [3.05, 3.63) is 72.8 Å². The van der Waals surface area contributed by atoms with Gasteiger partial charge in [0.15, 0.2) is 0 Å². The van der Waals surface area contributed by atoms with Crippen molar-refractivity contribution in [1.82, 2.24) is 23.7 Å². The molecule has 2 aliphatic heterocycles. The van der Waals surface area contributed by atoms with Crippen LogP contribution in [0.1, 0.15) is 25.7 Å². The van der Waals surface area contributed by atoms with Crippen LogP contribution in [0.3, 0.4) is 0 Å². The highest BCUT2D eigenvalue weighted by Crippen LogP contribution is 2.29. The number of rotatable bonds is 7. The molecule has 0 atom stereocenters. The standard InChI is InChI=1S/C28H31FN6O3S/c29-22-3-8-25-21(19-22)10-16-35(25)26-9-13-30-27(32-26)31-23-4-6-24(7-5-23)39(37,38)34-17-11-28(36,12-18-34)20-33-14-1-2-15-33/h3-10,13,16,19,36H,1-2,11-12,14-15,17-18,20H2,(H,30,31,32). The zero-order valence-corrected chi connectivity index (χ0v) is 22.3. The zero-order chi connectivity index (χ0) is 27.0. The van der Waals surface area contributed by atoms with Gasteiger partial charge in [-0.05, 0) is 93.4 Å². The number of hydrogen-bond donors (Lipinski definition) is 2. The van der Waals surface area contributed by atoms with Crippen molar-refractivity contribution in [2.24, 2.45) is 0 Å². The Kier molecular flexibility index (Phi) is 6.84. The second-order valence-electron chi connectivity index (χ2n) is 10.4. The Morgan fingerprint density at radius 3 is 2.46 bits per heavy atom. The first-order valence-electron chi connectivity index (χ1n) is 13.2. The molecule has 0 spiro atoms. The molecule has 204 valence electrons. The zero-order valence-electron chi connectivity index (χ0n) is 21.5. The number of β-amino-alcohol motifs (C(OH)–C–C–N with tert-alkyl or cyclic N) is 1. The molecule has 39 heavy (non-hydrogen) atoms. The van der Waals surface area contributed by atoms with Crippen LogP contribution < -0.4 is 5.32 Å². The highest BCUT2D eigenvalue weighted by molar-refractivity contribution is 7.89. The Hall–Kier alpha value is -3.38. The van der Waals surface area contributed by atoms with Gasteiger partial charge in [-0.15, -0.1) is 0 Å². The predicted molar refractivity (Wildman–Crippen MR) is 147 cm³/mol. The summed E-state index contributed by atoms with van der Waals surface area (Å²) < 4.78 is 43.4. The second-order valence-corrected chi connectivity index (χ2v) is 12.3. The van der Waals surface area contributed by atoms with Gasteiger partial charge in [-0.2, -0.15) is 9.29 Å². The van der Waals surface area contributed by atoms with Crippen LogP contribution >= 0.6 is 0 Å². The summed E-state index contributed by atoms with van der Waals surface area (Å²) in [5.41, 5.74) is 0.633. The van der Waals surface area contributed by atoms with Crippen LogP contribution in [0.25, 0.3) is 16.7 Å². The van der Waals surface area contributed by atoms with E-state index in [2.05, 4.69) is 20.2 Å². The van der Waals surface area contributed by atoms with Crippen LogP contribution in [-0.4, -0.2) is 75.6 Å². The van der Waals surface area contributed by atoms with Gasteiger partial charge < -0.3 is 19.9 Å². The van der Waals surface area contributed by atoms with Crippen molar-refractivity contribution in [3.8, 4) is 5.82 Å². The number of fused-ring (bicyclic) bond motifs is 1. The van der Waals surface area contributed by atoms with Gasteiger partial charge in [-0.1, -0.05) is 0 Å². The van der Waals surface area contributed by atoms with Gasteiger partial charge >= 0.3 is 0 Å². The Balaban J connectivity index is 1.12. The quantitative estimate of drug-likeness (QED) is 0.360. The molecule has 4 heterocycles. The Labute approximate surface area is 227 Å². The summed E-state index contributed by atoms with van der Waals surface area (Å²) >= 11 is 0. The molecule has 2 aliphatic rings. The number of hydrogen-bond acceptors (Lipinski definition) is 7. The monoisotopic (exact) mass is 550 g/mol. The summed E-state index contributed by atoms with van der Waals surface area (Å²) in [4.78, 5) is 11.3. The van der Waals surface area contributed by atoms with E-state index in [0.717, 1.165) is 36.8 Å². The fourth-order valence-electron chi connectivity index (χ4n) is 5.50. The molecule has 0 saturated carbocycles. The van der Waals surface area contributed by atoms with Crippen LogP contribution in [0.15, 0.2) is 71.9 Å². The highest BCUT2D eigenvalue weighted by atomic mass is 32.2. The van der Waals surface area contributed by atoms with Crippen molar-refractivity contribution >= 4 is 32.6 Å². The van der Waals surface area contributed by atoms with Gasteiger partial charge in [0.2, 0.25) is 16.0 Å². The Bertz CT molecular complexity index is 1580. The van der Waals surface area contributed by atoms with Crippen molar-refractivity contribution < 1.29 is 17.9 Å². The average Bonchev–Trinajstić information content (AvgIpc) is 3.59. The number of piperidine rings is 1. The van der Waals surface area contributed by atoms with Gasteiger partial charge in [0.05, 0.1) is 16.0 Å². The maximum atomic E-state index is 13.6. The molecule has 0 amide bonds. The lowest BCUT2D eigenvalue weighted by Crippen LogP contribution is -2.51. The third-order valence-electron chi connectivity index (χ3n) is 7.66. The van der Waals surface area contributed by atoms with Gasteiger partial charge in [0.1, 0.15) is 11.6 Å². The van der Waals surface area contributed by atoms with E-state index < -0.39 is 15.6 Å². The minimum atomic E-state index is -3.67. The molecule has 0 radical (unpaired) electrons. The highest BCUT2D eigenvalue weighted by Gasteiger charge is 2.38. The van der Waals surface area contributed by atoms with Gasteiger partial charge in [0.25, 0.3) is 0 Å². The summed E-state index contributed by atoms with van der Waals surface area (Å²) in [5.74, 6) is 0.665. The molecule has 0 unspecified atom stereocenters. The maximum Gasteiger partial charge on any atom is 0.243 e. The summed E-state index contributed by atoms with van der Waals surface area (Å²) in [6.07, 6.45) is 6.63. The summed E-state index contributed by atoms with van der Waals surface area (Å²) in [7, 11) is -3.67. The van der Waals surface area contributed by atoms with E-state index in [1.165, 1.54) is 16.4 Å². The fourth-order valence-corrected chi connectivity index (χ4v) is 6.94. The number of halogens is 1. The minimum Gasteiger partial charge on any atom is -0.388 e. The first-order valence-corrected chi connectivity index (χ1v) is 14.7. The topological polar surface area (TPSA) is 104 Å². The first-order chi connectivity index (χ1) is 18.8. The Morgan fingerprint density at radius 2 is 1.72 bits per heavy atom. The number of benzene rings is 2. The Morgan fingerprint density at radius 1 is 0.974 bits per heavy atom. The van der Waals surface area contributed by atoms with Crippen LogP contribution in [0, 0.1) is 5.82 Å². The van der Waals surface area contributed by atoms with Gasteiger partial charge in [0, 0.05) is 43.1 Å². The number of nitrogens with zero attached hydrogens (tertiary/aromatic N) is 5. The number of anilines is 2. The third kappa shape index (κ3) is 5.40. The van der Waals surface area contributed by atoms with Crippen LogP contribution in [0.4, 0.5) is 16.0 Å². The molecular weight excluding hydrogens is 519 g/mol. The lowest BCUT2D eigenvalue weighted by Gasteiger charge is -2.39. The van der Waals surface area contributed by atoms with Crippen molar-refractivity contribution in [2.75, 3.05) is 38.0 Å². The smallest absolute Gasteiger partial charge is 0.243 e. The number of nitrogens with one attached hydrogen (secondary N) is 1. The van der Waals surface area contributed by atoms with Gasteiger partial charge in [-0.3, -0.25) is 0 Å². The van der Waals surface area contributed by atoms with Crippen molar-refractivity contribution in [1.29, 1.82) is 0 Å². The van der Waals surface area contributed by atoms with E-state index in [0.29, 0.717) is 49.9 Å². The molecule has 2 fully saturated rings. The maximum absolute atomic E-state index is 13.6. The molecule has 4 aromatic rings. The molecule has 9 nitrogen and oxygen atoms in total. The van der Waals surface area contributed by atoms with E-state index in [4.69, 9.17) is 0 Å². The molecule has 2 aromatic heterocycles. The number of sulfonamides is 1. The molecule has 2 saturated heterocycles. The van der Waals surface area contributed by atoms with E-state index in [-0.39, 0.29) is 10.7 Å². The van der Waals surface area contributed by atoms with E-state index >= 15 is 0 Å². The summed E-state index contributed by atoms with van der Waals surface area (Å²) in [5, 5.41) is 14.9. The molecule has 2 N–H and O–H groups in total. The molecule has 0 bridgehead atoms. The van der Waals surface area contributed by atoms with E-state index in [1.807, 2.05) is 16.8 Å². The van der Waals surface area contributed by atoms with Crippen molar-refractivity contribution in [2.45, 2.75) is 36.2 Å². The normalized spacial score (nSPS) is 18.5. The number of likely N-dealkylation sites (tertiary alicyclic amines) is 1. The summed E-state index contributed by atoms with van der Waals surface area (Å²) in [6, 6.07) is 14.7. The average molecular weight is 551 g/mol. The van der Waals surface area contributed by atoms with Crippen LogP contribution in [0.2, 0.25) is 0 Å². The number of aromatic nitrogens is 3. The second kappa shape index (κ2) is 10.3. The largest absolute Gasteiger partial charge is 0.388 e. The SMILES string of the molecule is O=S(=O)(c1ccc(Nc2nccc(-n3ccc4cc(F)ccc43)n2)cc1)N1CCC(O)(CN2CCCC2)CC1.